The van der Waals surface area contributed by atoms with E-state index in [-0.39, 0.29) is 22.7 Å². The summed E-state index contributed by atoms with van der Waals surface area (Å²) in [5, 5.41) is 23.1. The van der Waals surface area contributed by atoms with Crippen molar-refractivity contribution in [3.8, 4) is 0 Å². The summed E-state index contributed by atoms with van der Waals surface area (Å²) >= 11 is 0. The Bertz CT molecular complexity index is 1960. The van der Waals surface area contributed by atoms with Gasteiger partial charge in [-0.2, -0.15) is 0 Å². The second-order valence-electron chi connectivity index (χ2n) is 10.8. The summed E-state index contributed by atoms with van der Waals surface area (Å²) in [6.45, 7) is 0. The molecule has 0 radical (unpaired) electrons. The second kappa shape index (κ2) is 9.49. The van der Waals surface area contributed by atoms with Crippen LogP contribution in [0.3, 0.4) is 0 Å². The molecule has 4 aromatic carbocycles. The number of carbonyl (C=O) groups is 4. The minimum absolute atomic E-state index is 0.0290. The molecule has 0 unspecified atom stereocenters. The lowest BCUT2D eigenvalue weighted by Gasteiger charge is -2.42. The van der Waals surface area contributed by atoms with E-state index < -0.39 is 56.6 Å². The van der Waals surface area contributed by atoms with Gasteiger partial charge < -0.3 is 0 Å². The maximum atomic E-state index is 14.8. The van der Waals surface area contributed by atoms with Crippen LogP contribution in [0, 0.1) is 32.1 Å². The molecule has 4 aromatic rings. The van der Waals surface area contributed by atoms with Crippen molar-refractivity contribution >= 4 is 46.4 Å². The Morgan fingerprint density at radius 2 is 1.18 bits per heavy atom. The number of non-ortho nitro benzene ring substituents is 2. The molecule has 44 heavy (non-hydrogen) atoms. The van der Waals surface area contributed by atoms with Crippen molar-refractivity contribution < 1.29 is 29.0 Å². The summed E-state index contributed by atoms with van der Waals surface area (Å²) in [7, 11) is 0. The molecule has 0 saturated carbocycles. The van der Waals surface area contributed by atoms with E-state index in [2.05, 4.69) is 0 Å². The summed E-state index contributed by atoms with van der Waals surface area (Å²) < 4.78 is 0. The molecule has 3 aliphatic rings. The molecular weight excluding hydrogens is 568 g/mol. The van der Waals surface area contributed by atoms with Crippen LogP contribution in [0.5, 0.6) is 0 Å². The van der Waals surface area contributed by atoms with Crippen LogP contribution in [0.1, 0.15) is 22.6 Å². The SMILES string of the molecule is O=C1[C@H]2[C@@H](C(=O)N1c1cccc([N+](=O)[O-])c1)c1ccccc1[C@@]1(c3ccccc3)C(=O)N(c3cccc([N+](=O)[O-])c3)C(=O)[C@@H]21. The largest absolute Gasteiger partial charge is 0.274 e. The number of nitro benzene ring substituents is 2. The minimum Gasteiger partial charge on any atom is -0.274 e. The highest BCUT2D eigenvalue weighted by Crippen LogP contribution is 2.61. The smallest absolute Gasteiger partial charge is 0.271 e. The van der Waals surface area contributed by atoms with Gasteiger partial charge in [0.2, 0.25) is 23.6 Å². The van der Waals surface area contributed by atoms with Crippen molar-refractivity contribution in [2.24, 2.45) is 11.8 Å². The topological polar surface area (TPSA) is 161 Å². The molecule has 216 valence electrons. The molecule has 2 saturated heterocycles. The molecule has 4 atom stereocenters. The summed E-state index contributed by atoms with van der Waals surface area (Å²) in [6, 6.07) is 25.3. The Labute approximate surface area is 248 Å². The number of anilines is 2. The van der Waals surface area contributed by atoms with E-state index >= 15 is 0 Å². The van der Waals surface area contributed by atoms with Gasteiger partial charge in [0, 0.05) is 24.3 Å². The van der Waals surface area contributed by atoms with Crippen molar-refractivity contribution in [1.29, 1.82) is 0 Å². The summed E-state index contributed by atoms with van der Waals surface area (Å²) in [6.07, 6.45) is 0. The zero-order chi connectivity index (χ0) is 30.9. The second-order valence-corrected chi connectivity index (χ2v) is 10.8. The summed E-state index contributed by atoms with van der Waals surface area (Å²) in [5.41, 5.74) is -1.34. The molecule has 2 heterocycles. The Morgan fingerprint density at radius 1 is 0.614 bits per heavy atom. The van der Waals surface area contributed by atoms with Crippen LogP contribution in [0.15, 0.2) is 103 Å². The zero-order valence-electron chi connectivity index (χ0n) is 22.6. The maximum Gasteiger partial charge on any atom is 0.271 e. The van der Waals surface area contributed by atoms with E-state index in [1.54, 1.807) is 54.6 Å². The first-order valence-electron chi connectivity index (χ1n) is 13.6. The molecule has 0 bridgehead atoms. The van der Waals surface area contributed by atoms with E-state index in [0.29, 0.717) is 16.7 Å². The number of benzene rings is 4. The number of hydrogen-bond donors (Lipinski definition) is 0. The molecule has 4 amide bonds. The fourth-order valence-corrected chi connectivity index (χ4v) is 7.07. The summed E-state index contributed by atoms with van der Waals surface area (Å²) in [5.74, 6) is -6.87. The highest BCUT2D eigenvalue weighted by atomic mass is 16.6. The lowest BCUT2D eigenvalue weighted by atomic mass is 9.55. The fraction of sp³-hybridized carbons (Fsp3) is 0.125. The quantitative estimate of drug-likeness (QED) is 0.190. The van der Waals surface area contributed by atoms with Crippen LogP contribution in [-0.2, 0) is 24.6 Å². The Balaban J connectivity index is 1.50. The van der Waals surface area contributed by atoms with Gasteiger partial charge in [0.15, 0.2) is 0 Å². The van der Waals surface area contributed by atoms with Crippen molar-refractivity contribution in [2.75, 3.05) is 9.80 Å². The van der Waals surface area contributed by atoms with Gasteiger partial charge >= 0.3 is 0 Å². The predicted molar refractivity (Wildman–Crippen MR) is 155 cm³/mol. The van der Waals surface area contributed by atoms with Crippen LogP contribution < -0.4 is 9.80 Å². The van der Waals surface area contributed by atoms with Crippen LogP contribution in [0.4, 0.5) is 22.7 Å². The highest BCUT2D eigenvalue weighted by Gasteiger charge is 2.72. The average molecular weight is 589 g/mol. The van der Waals surface area contributed by atoms with Gasteiger partial charge in [0.1, 0.15) is 5.41 Å². The zero-order valence-corrected chi connectivity index (χ0v) is 22.6. The lowest BCUT2D eigenvalue weighted by molar-refractivity contribution is -0.385. The third-order valence-electron chi connectivity index (χ3n) is 8.75. The van der Waals surface area contributed by atoms with Gasteiger partial charge in [-0.3, -0.25) is 39.4 Å². The molecule has 0 aromatic heterocycles. The van der Waals surface area contributed by atoms with Crippen molar-refractivity contribution in [3.63, 3.8) is 0 Å². The van der Waals surface area contributed by atoms with Crippen LogP contribution in [0.2, 0.25) is 0 Å². The number of nitro groups is 2. The molecule has 0 N–H and O–H groups in total. The fourth-order valence-electron chi connectivity index (χ4n) is 7.07. The van der Waals surface area contributed by atoms with E-state index in [9.17, 15) is 39.4 Å². The first-order valence-corrected chi connectivity index (χ1v) is 13.6. The van der Waals surface area contributed by atoms with Crippen LogP contribution in [-0.4, -0.2) is 33.5 Å². The van der Waals surface area contributed by atoms with Gasteiger partial charge in [-0.05, 0) is 28.8 Å². The van der Waals surface area contributed by atoms with Gasteiger partial charge in [-0.25, -0.2) is 9.80 Å². The lowest BCUT2D eigenvalue weighted by Crippen LogP contribution is -2.50. The monoisotopic (exact) mass is 588 g/mol. The molecule has 2 aliphatic heterocycles. The average Bonchev–Trinajstić information content (AvgIpc) is 3.43. The molecule has 0 spiro atoms. The van der Waals surface area contributed by atoms with E-state index in [0.717, 1.165) is 21.9 Å². The number of nitrogens with zero attached hydrogens (tertiary/aromatic N) is 4. The maximum absolute atomic E-state index is 14.8. The number of imide groups is 2. The Morgan fingerprint density at radius 3 is 1.80 bits per heavy atom. The van der Waals surface area contributed by atoms with E-state index in [1.165, 1.54) is 36.4 Å². The van der Waals surface area contributed by atoms with Gasteiger partial charge in [-0.15, -0.1) is 0 Å². The van der Waals surface area contributed by atoms with Crippen molar-refractivity contribution in [2.45, 2.75) is 11.3 Å². The van der Waals surface area contributed by atoms with E-state index in [1.807, 2.05) is 0 Å². The molecule has 7 rings (SSSR count). The summed E-state index contributed by atoms with van der Waals surface area (Å²) in [4.78, 5) is 81.4. The van der Waals surface area contributed by atoms with Crippen molar-refractivity contribution in [3.05, 3.63) is 140 Å². The van der Waals surface area contributed by atoms with Crippen LogP contribution >= 0.6 is 0 Å². The molecule has 1 aliphatic carbocycles. The van der Waals surface area contributed by atoms with Gasteiger partial charge in [-0.1, -0.05) is 66.7 Å². The van der Waals surface area contributed by atoms with E-state index in [4.69, 9.17) is 0 Å². The first kappa shape index (κ1) is 26.8. The number of amides is 4. The molecule has 12 nitrogen and oxygen atoms in total. The van der Waals surface area contributed by atoms with Crippen molar-refractivity contribution in [1.82, 2.24) is 0 Å². The number of rotatable bonds is 5. The molecule has 12 heteroatoms. The normalized spacial score (nSPS) is 23.8. The number of fused-ring (bicyclic) bond motifs is 6. The number of hydrogen-bond acceptors (Lipinski definition) is 8. The van der Waals surface area contributed by atoms with Gasteiger partial charge in [0.25, 0.3) is 11.4 Å². The Kier molecular flexibility index (Phi) is 5.79. The molecular formula is C32H20N4O8. The first-order chi connectivity index (χ1) is 21.2. The van der Waals surface area contributed by atoms with Crippen LogP contribution in [0.25, 0.3) is 0 Å². The molecule has 2 fully saturated rings. The third kappa shape index (κ3) is 3.44. The third-order valence-corrected chi connectivity index (χ3v) is 8.75. The van der Waals surface area contributed by atoms with Gasteiger partial charge in [0.05, 0.1) is 39.0 Å². The Hall–Kier alpha value is -6.04. The standard InChI is InChI=1S/C32H20N4O8/c37-28-25-23-14-4-5-15-24(23)32(18-8-2-1-3-9-18)27(26(25)29(38)33(28)19-10-6-12-21(16-19)35(41)42)30(39)34(31(32)40)20-11-7-13-22(17-20)36(43)44/h1-17,25-27H/t25-,26-,27+,32+/m0/s1. The highest BCUT2D eigenvalue weighted by molar-refractivity contribution is 6.32. The number of carbonyl (C=O) groups excluding carboxylic acids is 4. The minimum atomic E-state index is -1.75. The predicted octanol–water partition coefficient (Wildman–Crippen LogP) is 4.27.